The Morgan fingerprint density at radius 3 is 2.58 bits per heavy atom. The number of benzene rings is 2. The topological polar surface area (TPSA) is 59.7 Å². The lowest BCUT2D eigenvalue weighted by Crippen LogP contribution is -2.27. The summed E-state index contributed by atoms with van der Waals surface area (Å²) in [4.78, 5) is 12.5. The zero-order valence-corrected chi connectivity index (χ0v) is 13.4. The van der Waals surface area contributed by atoms with Crippen molar-refractivity contribution in [1.82, 2.24) is 0 Å². The van der Waals surface area contributed by atoms with E-state index in [9.17, 15) is 9.90 Å². The highest BCUT2D eigenvalue weighted by atomic mass is 16.5. The molecule has 1 aliphatic heterocycles. The average Bonchev–Trinajstić information content (AvgIpc) is 2.54. The molecule has 2 aromatic carbocycles. The number of aromatic hydroxyl groups is 1. The van der Waals surface area contributed by atoms with E-state index >= 15 is 0 Å². The van der Waals surface area contributed by atoms with Crippen molar-refractivity contribution >= 4 is 17.0 Å². The molecule has 1 aromatic heterocycles. The second-order valence-electron chi connectivity index (χ2n) is 6.39. The van der Waals surface area contributed by atoms with Crippen LogP contribution in [0.5, 0.6) is 11.5 Å². The monoisotopic (exact) mass is 320 g/mol. The number of phenolic OH excluding ortho intramolecular Hbond substituents is 1. The lowest BCUT2D eigenvalue weighted by atomic mass is 9.99. The Morgan fingerprint density at radius 2 is 1.83 bits per heavy atom. The maximum Gasteiger partial charge on any atom is 0.197 e. The van der Waals surface area contributed by atoms with E-state index in [1.165, 1.54) is 12.1 Å². The van der Waals surface area contributed by atoms with Crippen molar-refractivity contribution in [2.24, 2.45) is 0 Å². The van der Waals surface area contributed by atoms with E-state index in [4.69, 9.17) is 9.15 Å². The highest BCUT2D eigenvalue weighted by Crippen LogP contribution is 2.40. The minimum absolute atomic E-state index is 0.136. The third-order valence-electron chi connectivity index (χ3n) is 4.06. The summed E-state index contributed by atoms with van der Waals surface area (Å²) in [7, 11) is 0. The Kier molecular flexibility index (Phi) is 3.03. The molecule has 0 spiro atoms. The molecule has 0 atom stereocenters. The second kappa shape index (κ2) is 4.99. The van der Waals surface area contributed by atoms with Gasteiger partial charge in [0.25, 0.3) is 0 Å². The van der Waals surface area contributed by atoms with E-state index in [0.717, 1.165) is 5.56 Å². The first-order chi connectivity index (χ1) is 11.4. The smallest absolute Gasteiger partial charge is 0.197 e. The summed E-state index contributed by atoms with van der Waals surface area (Å²) < 4.78 is 11.9. The van der Waals surface area contributed by atoms with Crippen molar-refractivity contribution in [1.29, 1.82) is 0 Å². The van der Waals surface area contributed by atoms with Crippen molar-refractivity contribution in [3.05, 3.63) is 64.3 Å². The standard InChI is InChI=1S/C20H16O4/c1-20(2)9-8-13-17(24-20)11-15(22)18-14(21)10-16(23-19(13)18)12-6-4-3-5-7-12/h3-11,22H,1-2H3. The molecule has 0 saturated heterocycles. The van der Waals surface area contributed by atoms with Crippen LogP contribution in [-0.2, 0) is 0 Å². The van der Waals surface area contributed by atoms with Gasteiger partial charge in [-0.2, -0.15) is 0 Å². The first kappa shape index (κ1) is 14.6. The van der Waals surface area contributed by atoms with E-state index < -0.39 is 5.60 Å². The Hall–Kier alpha value is -3.01. The van der Waals surface area contributed by atoms with Gasteiger partial charge in [-0.25, -0.2) is 0 Å². The van der Waals surface area contributed by atoms with Gasteiger partial charge in [0.2, 0.25) is 0 Å². The van der Waals surface area contributed by atoms with Crippen LogP contribution >= 0.6 is 0 Å². The van der Waals surface area contributed by atoms with Gasteiger partial charge in [0.05, 0.1) is 5.56 Å². The summed E-state index contributed by atoms with van der Waals surface area (Å²) in [5, 5.41) is 10.4. The molecule has 1 aliphatic rings. The summed E-state index contributed by atoms with van der Waals surface area (Å²) in [5.41, 5.74) is 1.04. The van der Waals surface area contributed by atoms with Crippen LogP contribution in [0.15, 0.2) is 57.8 Å². The molecular weight excluding hydrogens is 304 g/mol. The zero-order valence-electron chi connectivity index (χ0n) is 13.4. The van der Waals surface area contributed by atoms with Gasteiger partial charge < -0.3 is 14.3 Å². The normalized spacial score (nSPS) is 15.1. The van der Waals surface area contributed by atoms with Crippen molar-refractivity contribution in [3.8, 4) is 22.8 Å². The van der Waals surface area contributed by atoms with Crippen molar-refractivity contribution in [3.63, 3.8) is 0 Å². The van der Waals surface area contributed by atoms with Crippen LogP contribution in [0.25, 0.3) is 28.4 Å². The molecular formula is C20H16O4. The lowest BCUT2D eigenvalue weighted by molar-refractivity contribution is 0.158. The molecule has 0 aliphatic carbocycles. The van der Waals surface area contributed by atoms with E-state index in [2.05, 4.69) is 0 Å². The summed E-state index contributed by atoms with van der Waals surface area (Å²) in [6, 6.07) is 12.3. The number of ether oxygens (including phenoxy) is 1. The predicted molar refractivity (Wildman–Crippen MR) is 93.3 cm³/mol. The van der Waals surface area contributed by atoms with Gasteiger partial charge in [0, 0.05) is 17.7 Å². The number of hydrogen-bond acceptors (Lipinski definition) is 4. The van der Waals surface area contributed by atoms with Crippen LogP contribution in [0, 0.1) is 0 Å². The molecule has 4 nitrogen and oxygen atoms in total. The maximum atomic E-state index is 12.5. The third-order valence-corrected chi connectivity index (χ3v) is 4.06. The minimum atomic E-state index is -0.482. The molecule has 4 heteroatoms. The SMILES string of the molecule is CC1(C)C=Cc2c(cc(O)c3c(=O)cc(-c4ccccc4)oc23)O1. The van der Waals surface area contributed by atoms with Crippen LogP contribution in [0.2, 0.25) is 0 Å². The molecule has 0 amide bonds. The highest BCUT2D eigenvalue weighted by molar-refractivity contribution is 5.94. The largest absolute Gasteiger partial charge is 0.507 e. The van der Waals surface area contributed by atoms with Gasteiger partial charge in [-0.15, -0.1) is 0 Å². The first-order valence-electron chi connectivity index (χ1n) is 7.72. The highest BCUT2D eigenvalue weighted by Gasteiger charge is 2.26. The molecule has 3 aromatic rings. The molecule has 0 radical (unpaired) electrons. The van der Waals surface area contributed by atoms with Crippen molar-refractivity contribution in [2.45, 2.75) is 19.4 Å². The van der Waals surface area contributed by atoms with Crippen LogP contribution < -0.4 is 10.2 Å². The molecule has 120 valence electrons. The first-order valence-corrected chi connectivity index (χ1v) is 7.72. The molecule has 1 N–H and O–H groups in total. The van der Waals surface area contributed by atoms with Crippen molar-refractivity contribution in [2.75, 3.05) is 0 Å². The van der Waals surface area contributed by atoms with E-state index in [1.54, 1.807) is 0 Å². The summed E-state index contributed by atoms with van der Waals surface area (Å²) in [6.45, 7) is 3.84. The van der Waals surface area contributed by atoms with Crippen LogP contribution in [0.3, 0.4) is 0 Å². The van der Waals surface area contributed by atoms with Gasteiger partial charge in [-0.3, -0.25) is 4.79 Å². The van der Waals surface area contributed by atoms with E-state index in [1.807, 2.05) is 56.3 Å². The van der Waals surface area contributed by atoms with Crippen LogP contribution in [0.1, 0.15) is 19.4 Å². The molecule has 24 heavy (non-hydrogen) atoms. The van der Waals surface area contributed by atoms with Gasteiger partial charge in [0.15, 0.2) is 11.0 Å². The molecule has 0 fully saturated rings. The summed E-state index contributed by atoms with van der Waals surface area (Å²) in [6.07, 6.45) is 3.78. The number of rotatable bonds is 1. The zero-order chi connectivity index (χ0) is 16.9. The molecule has 0 unspecified atom stereocenters. The Balaban J connectivity index is 2.05. The van der Waals surface area contributed by atoms with Crippen LogP contribution in [0.4, 0.5) is 0 Å². The quantitative estimate of drug-likeness (QED) is 0.724. The van der Waals surface area contributed by atoms with Gasteiger partial charge in [-0.1, -0.05) is 30.3 Å². The molecule has 0 bridgehead atoms. The number of phenols is 1. The third kappa shape index (κ3) is 2.27. The molecule has 4 rings (SSSR count). The fraction of sp³-hybridized carbons (Fsp3) is 0.150. The fourth-order valence-corrected chi connectivity index (χ4v) is 2.90. The molecule has 0 saturated carbocycles. The molecule has 2 heterocycles. The summed E-state index contributed by atoms with van der Waals surface area (Å²) >= 11 is 0. The van der Waals surface area contributed by atoms with Gasteiger partial charge in [-0.05, 0) is 26.0 Å². The van der Waals surface area contributed by atoms with E-state index in [0.29, 0.717) is 22.7 Å². The van der Waals surface area contributed by atoms with Gasteiger partial charge >= 0.3 is 0 Å². The van der Waals surface area contributed by atoms with Gasteiger partial charge in [0.1, 0.15) is 28.2 Å². The fourth-order valence-electron chi connectivity index (χ4n) is 2.90. The second-order valence-corrected chi connectivity index (χ2v) is 6.39. The van der Waals surface area contributed by atoms with E-state index in [-0.39, 0.29) is 16.6 Å². The number of fused-ring (bicyclic) bond motifs is 3. The number of hydrogen-bond donors (Lipinski definition) is 1. The minimum Gasteiger partial charge on any atom is -0.507 e. The van der Waals surface area contributed by atoms with Crippen molar-refractivity contribution < 1.29 is 14.3 Å². The predicted octanol–water partition coefficient (Wildman–Crippen LogP) is 4.35. The average molecular weight is 320 g/mol. The Labute approximate surface area is 138 Å². The Bertz CT molecular complexity index is 1030. The summed E-state index contributed by atoms with van der Waals surface area (Å²) in [5.74, 6) is 0.822. The Morgan fingerprint density at radius 1 is 1.08 bits per heavy atom. The lowest BCUT2D eigenvalue weighted by Gasteiger charge is -2.28. The maximum absolute atomic E-state index is 12.5. The van der Waals surface area contributed by atoms with Crippen LogP contribution in [-0.4, -0.2) is 10.7 Å².